The van der Waals surface area contributed by atoms with Gasteiger partial charge >= 0.3 is 0 Å². The molecule has 0 amide bonds. The minimum absolute atomic E-state index is 0.251. The van der Waals surface area contributed by atoms with Crippen LogP contribution in [-0.4, -0.2) is 24.3 Å². The fourth-order valence-corrected chi connectivity index (χ4v) is 4.33. The summed E-state index contributed by atoms with van der Waals surface area (Å²) in [5.41, 5.74) is 0.439. The van der Waals surface area contributed by atoms with Crippen LogP contribution in [-0.2, 0) is 4.74 Å². The molecule has 2 aliphatic rings. The summed E-state index contributed by atoms with van der Waals surface area (Å²) in [4.78, 5) is 0. The standard InChI is InChI=1S/C20H37NO/c1-5-7-16-21-17(3)19(4,6-2)22-18-10-14-20(15-11-18)12-8-9-13-20/h6,17-18,21H,2,5,7-16H2,1,3-4H3. The van der Waals surface area contributed by atoms with E-state index < -0.39 is 0 Å². The molecule has 0 saturated heterocycles. The number of rotatable bonds is 8. The average molecular weight is 308 g/mol. The van der Waals surface area contributed by atoms with Crippen LogP contribution in [0.25, 0.3) is 0 Å². The first-order valence-electron chi connectivity index (χ1n) is 9.58. The summed E-state index contributed by atoms with van der Waals surface area (Å²) in [7, 11) is 0. The van der Waals surface area contributed by atoms with Crippen molar-refractivity contribution < 1.29 is 4.74 Å². The van der Waals surface area contributed by atoms with Crippen LogP contribution >= 0.6 is 0 Å². The third kappa shape index (κ3) is 4.35. The molecule has 1 N–H and O–H groups in total. The number of ether oxygens (including phenoxy) is 1. The van der Waals surface area contributed by atoms with E-state index in [0.717, 1.165) is 6.54 Å². The van der Waals surface area contributed by atoms with Crippen LogP contribution in [0.1, 0.15) is 85.0 Å². The summed E-state index contributed by atoms with van der Waals surface area (Å²) >= 11 is 0. The maximum Gasteiger partial charge on any atom is 0.0985 e. The van der Waals surface area contributed by atoms with Crippen LogP contribution in [0.5, 0.6) is 0 Å². The predicted molar refractivity (Wildman–Crippen MR) is 95.2 cm³/mol. The molecule has 22 heavy (non-hydrogen) atoms. The van der Waals surface area contributed by atoms with E-state index in [1.807, 2.05) is 6.08 Å². The van der Waals surface area contributed by atoms with Crippen LogP contribution in [0.3, 0.4) is 0 Å². The minimum atomic E-state index is -0.251. The SMILES string of the molecule is C=CC(C)(OC1CCC2(CCCC2)CC1)C(C)NCCCC. The Hall–Kier alpha value is -0.340. The van der Waals surface area contributed by atoms with E-state index in [1.165, 1.54) is 64.2 Å². The van der Waals surface area contributed by atoms with Gasteiger partial charge in [0.25, 0.3) is 0 Å². The molecule has 2 fully saturated rings. The lowest BCUT2D eigenvalue weighted by Gasteiger charge is -2.42. The van der Waals surface area contributed by atoms with E-state index >= 15 is 0 Å². The molecule has 0 aromatic rings. The van der Waals surface area contributed by atoms with E-state index in [2.05, 4.69) is 32.7 Å². The molecule has 1 spiro atoms. The smallest absolute Gasteiger partial charge is 0.0985 e. The predicted octanol–water partition coefficient (Wildman–Crippen LogP) is 5.23. The maximum atomic E-state index is 6.54. The van der Waals surface area contributed by atoms with Gasteiger partial charge in [0.15, 0.2) is 0 Å². The van der Waals surface area contributed by atoms with E-state index in [9.17, 15) is 0 Å². The molecular weight excluding hydrogens is 270 g/mol. The van der Waals surface area contributed by atoms with Crippen molar-refractivity contribution in [3.05, 3.63) is 12.7 Å². The van der Waals surface area contributed by atoms with E-state index in [4.69, 9.17) is 4.74 Å². The highest BCUT2D eigenvalue weighted by Crippen LogP contribution is 2.49. The summed E-state index contributed by atoms with van der Waals surface area (Å²) in [5, 5.41) is 3.62. The van der Waals surface area contributed by atoms with Gasteiger partial charge in [-0.2, -0.15) is 0 Å². The second-order valence-corrected chi connectivity index (χ2v) is 7.94. The normalized spacial score (nSPS) is 26.0. The first-order valence-corrected chi connectivity index (χ1v) is 9.58. The van der Waals surface area contributed by atoms with Crippen molar-refractivity contribution in [2.75, 3.05) is 6.54 Å². The van der Waals surface area contributed by atoms with Gasteiger partial charge in [-0.3, -0.25) is 0 Å². The van der Waals surface area contributed by atoms with Gasteiger partial charge in [-0.25, -0.2) is 0 Å². The van der Waals surface area contributed by atoms with E-state index in [1.54, 1.807) is 0 Å². The molecule has 2 nitrogen and oxygen atoms in total. The Kier molecular flexibility index (Phi) is 6.52. The minimum Gasteiger partial charge on any atom is -0.366 e. The molecule has 128 valence electrons. The molecule has 0 aromatic heterocycles. The lowest BCUT2D eigenvalue weighted by atomic mass is 9.72. The van der Waals surface area contributed by atoms with Gasteiger partial charge in [-0.1, -0.05) is 32.3 Å². The summed E-state index contributed by atoms with van der Waals surface area (Å²) in [6.45, 7) is 11.8. The van der Waals surface area contributed by atoms with Gasteiger partial charge in [0.2, 0.25) is 0 Å². The fourth-order valence-electron chi connectivity index (χ4n) is 4.33. The van der Waals surface area contributed by atoms with Crippen molar-refractivity contribution in [3.8, 4) is 0 Å². The number of nitrogens with one attached hydrogen (secondary N) is 1. The van der Waals surface area contributed by atoms with Crippen molar-refractivity contribution in [1.82, 2.24) is 5.32 Å². The highest BCUT2D eigenvalue weighted by Gasteiger charge is 2.40. The molecule has 0 aromatic carbocycles. The molecule has 2 heteroatoms. The van der Waals surface area contributed by atoms with Crippen molar-refractivity contribution in [3.63, 3.8) is 0 Å². The fraction of sp³-hybridized carbons (Fsp3) is 0.900. The zero-order valence-corrected chi connectivity index (χ0v) is 15.1. The van der Waals surface area contributed by atoms with Gasteiger partial charge in [-0.15, -0.1) is 6.58 Å². The number of hydrogen-bond donors (Lipinski definition) is 1. The van der Waals surface area contributed by atoms with Gasteiger partial charge in [0.05, 0.1) is 11.7 Å². The summed E-state index contributed by atoms with van der Waals surface area (Å²) < 4.78 is 6.54. The van der Waals surface area contributed by atoms with Gasteiger partial charge < -0.3 is 10.1 Å². The Bertz CT molecular complexity index is 338. The van der Waals surface area contributed by atoms with Crippen molar-refractivity contribution in [2.45, 2.75) is 103 Å². The molecule has 0 bridgehead atoms. The summed E-state index contributed by atoms with van der Waals surface area (Å²) in [6, 6.07) is 0.318. The molecule has 0 aliphatic heterocycles. The monoisotopic (exact) mass is 307 g/mol. The van der Waals surface area contributed by atoms with Crippen LogP contribution in [0.15, 0.2) is 12.7 Å². The lowest BCUT2D eigenvalue weighted by molar-refractivity contribution is -0.0946. The van der Waals surface area contributed by atoms with Crippen LogP contribution in [0, 0.1) is 5.41 Å². The van der Waals surface area contributed by atoms with Gasteiger partial charge in [0.1, 0.15) is 0 Å². The second kappa shape index (κ2) is 7.97. The largest absolute Gasteiger partial charge is 0.366 e. The third-order valence-corrected chi connectivity index (χ3v) is 6.32. The molecule has 2 rings (SSSR count). The number of unbranched alkanes of at least 4 members (excludes halogenated alkanes) is 1. The molecule has 2 unspecified atom stereocenters. The van der Waals surface area contributed by atoms with Gasteiger partial charge in [0, 0.05) is 6.04 Å². The maximum absolute atomic E-state index is 6.54. The molecule has 2 saturated carbocycles. The summed E-state index contributed by atoms with van der Waals surface area (Å²) in [6.07, 6.45) is 16.0. The van der Waals surface area contributed by atoms with Crippen LogP contribution in [0.2, 0.25) is 0 Å². The Morgan fingerprint density at radius 2 is 1.91 bits per heavy atom. The van der Waals surface area contributed by atoms with Crippen molar-refractivity contribution in [2.24, 2.45) is 5.41 Å². The molecular formula is C20H37NO. The van der Waals surface area contributed by atoms with Crippen LogP contribution in [0.4, 0.5) is 0 Å². The Labute approximate surface area is 138 Å². The average Bonchev–Trinajstić information content (AvgIpc) is 2.98. The molecule has 2 aliphatic carbocycles. The van der Waals surface area contributed by atoms with E-state index in [0.29, 0.717) is 17.6 Å². The highest BCUT2D eigenvalue weighted by atomic mass is 16.5. The molecule has 2 atom stereocenters. The second-order valence-electron chi connectivity index (χ2n) is 7.94. The zero-order chi connectivity index (χ0) is 16.1. The number of hydrogen-bond acceptors (Lipinski definition) is 2. The Morgan fingerprint density at radius 3 is 2.45 bits per heavy atom. The lowest BCUT2D eigenvalue weighted by Crippen LogP contribution is -2.50. The first-order chi connectivity index (χ1) is 10.5. The topological polar surface area (TPSA) is 21.3 Å². The summed E-state index contributed by atoms with van der Waals surface area (Å²) in [5.74, 6) is 0. The molecule has 0 heterocycles. The molecule has 0 radical (unpaired) electrons. The third-order valence-electron chi connectivity index (χ3n) is 6.32. The van der Waals surface area contributed by atoms with E-state index in [-0.39, 0.29) is 5.60 Å². The van der Waals surface area contributed by atoms with Crippen molar-refractivity contribution in [1.29, 1.82) is 0 Å². The highest BCUT2D eigenvalue weighted by molar-refractivity contribution is 5.02. The quantitative estimate of drug-likeness (QED) is 0.490. The van der Waals surface area contributed by atoms with Gasteiger partial charge in [-0.05, 0) is 70.8 Å². The Morgan fingerprint density at radius 1 is 1.27 bits per heavy atom. The first kappa shape index (κ1) is 18.0. The zero-order valence-electron chi connectivity index (χ0n) is 15.1. The Balaban J connectivity index is 1.83. The van der Waals surface area contributed by atoms with Crippen molar-refractivity contribution >= 4 is 0 Å². The van der Waals surface area contributed by atoms with Crippen LogP contribution < -0.4 is 5.32 Å².